The minimum Gasteiger partial charge on any atom is -0.355 e. The average molecular weight is 245 g/mol. The smallest absolute Gasteiger partial charge is 0.316 e. The molecule has 0 aliphatic rings. The lowest BCUT2D eigenvalue weighted by atomic mass is 10.2. The second kappa shape index (κ2) is 6.97. The topological polar surface area (TPSA) is 84.2 Å². The predicted octanol–water partition coefficient (Wildman–Crippen LogP) is 1.05. The molecular formula is C13H15N3O2. The highest BCUT2D eigenvalue weighted by Gasteiger charge is 1.95. The van der Waals surface area contributed by atoms with Crippen LogP contribution in [-0.4, -0.2) is 18.5 Å². The molecule has 0 fully saturated rings. The largest absolute Gasteiger partial charge is 0.355 e. The third kappa shape index (κ3) is 5.56. The number of carbonyl (C=O) groups excluding carboxylic acids is 2. The van der Waals surface area contributed by atoms with Crippen molar-refractivity contribution in [2.75, 3.05) is 11.9 Å². The molecule has 0 spiro atoms. The van der Waals surface area contributed by atoms with Crippen LogP contribution in [0.1, 0.15) is 18.9 Å². The van der Waals surface area contributed by atoms with E-state index in [-0.39, 0.29) is 5.91 Å². The summed E-state index contributed by atoms with van der Waals surface area (Å²) < 4.78 is 0. The van der Waals surface area contributed by atoms with E-state index in [1.54, 1.807) is 18.2 Å². The van der Waals surface area contributed by atoms with Gasteiger partial charge in [-0.15, -0.1) is 0 Å². The van der Waals surface area contributed by atoms with Gasteiger partial charge in [-0.3, -0.25) is 4.79 Å². The van der Waals surface area contributed by atoms with E-state index < -0.39 is 6.03 Å². The summed E-state index contributed by atoms with van der Waals surface area (Å²) in [6.45, 7) is 1.99. The van der Waals surface area contributed by atoms with Crippen molar-refractivity contribution in [2.45, 2.75) is 13.3 Å². The number of hydrogen-bond donors (Lipinski definition) is 3. The quantitative estimate of drug-likeness (QED) is 0.549. The molecule has 5 nitrogen and oxygen atoms in total. The van der Waals surface area contributed by atoms with Gasteiger partial charge in [0.05, 0.1) is 0 Å². The first kappa shape index (κ1) is 13.6. The van der Waals surface area contributed by atoms with Crippen LogP contribution in [-0.2, 0) is 4.79 Å². The van der Waals surface area contributed by atoms with Gasteiger partial charge >= 0.3 is 6.03 Å². The molecule has 1 aromatic carbocycles. The van der Waals surface area contributed by atoms with Gasteiger partial charge in [-0.2, -0.15) is 0 Å². The number of rotatable bonds is 3. The highest BCUT2D eigenvalue weighted by Crippen LogP contribution is 2.09. The molecule has 0 atom stereocenters. The van der Waals surface area contributed by atoms with Crippen LogP contribution in [0.5, 0.6) is 0 Å². The number of hydrogen-bond acceptors (Lipinski definition) is 2. The standard InChI is InChI=1S/C13H15N3O2/c1-10(17)15-8-3-2-5-11-6-4-7-12(9-11)16-13(14)18/h4,6-7,9H,3,8H2,1H3,(H,15,17)(H3,14,16,18). The molecular weight excluding hydrogens is 230 g/mol. The van der Waals surface area contributed by atoms with Crippen LogP contribution in [0.25, 0.3) is 0 Å². The highest BCUT2D eigenvalue weighted by atomic mass is 16.2. The number of anilines is 1. The van der Waals surface area contributed by atoms with Crippen molar-refractivity contribution in [1.82, 2.24) is 5.32 Å². The number of amides is 3. The third-order valence-corrected chi connectivity index (χ3v) is 1.99. The zero-order valence-electron chi connectivity index (χ0n) is 10.1. The monoisotopic (exact) mass is 245 g/mol. The first-order valence-electron chi connectivity index (χ1n) is 5.48. The summed E-state index contributed by atoms with van der Waals surface area (Å²) in [7, 11) is 0. The summed E-state index contributed by atoms with van der Waals surface area (Å²) in [6.07, 6.45) is 0.576. The maximum Gasteiger partial charge on any atom is 0.316 e. The summed E-state index contributed by atoms with van der Waals surface area (Å²) in [5, 5.41) is 5.13. The van der Waals surface area contributed by atoms with Crippen molar-refractivity contribution >= 4 is 17.6 Å². The number of nitrogens with one attached hydrogen (secondary N) is 2. The van der Waals surface area contributed by atoms with Gasteiger partial charge in [0.15, 0.2) is 0 Å². The van der Waals surface area contributed by atoms with Crippen LogP contribution in [0.3, 0.4) is 0 Å². The van der Waals surface area contributed by atoms with E-state index in [0.29, 0.717) is 18.7 Å². The molecule has 0 aromatic heterocycles. The lowest BCUT2D eigenvalue weighted by molar-refractivity contribution is -0.118. The molecule has 0 radical (unpaired) electrons. The van der Waals surface area contributed by atoms with Gasteiger partial charge < -0.3 is 16.4 Å². The predicted molar refractivity (Wildman–Crippen MR) is 69.8 cm³/mol. The van der Waals surface area contributed by atoms with Crippen molar-refractivity contribution in [3.8, 4) is 11.8 Å². The fraction of sp³-hybridized carbons (Fsp3) is 0.231. The molecule has 0 unspecified atom stereocenters. The Bertz CT molecular complexity index is 500. The molecule has 0 saturated carbocycles. The van der Waals surface area contributed by atoms with Crippen LogP contribution >= 0.6 is 0 Å². The molecule has 5 heteroatoms. The van der Waals surface area contributed by atoms with Gasteiger partial charge in [-0.05, 0) is 18.2 Å². The normalized spacial score (nSPS) is 8.94. The fourth-order valence-corrected chi connectivity index (χ4v) is 1.28. The summed E-state index contributed by atoms with van der Waals surface area (Å²) in [6, 6.07) is 6.47. The Hall–Kier alpha value is -2.48. The van der Waals surface area contributed by atoms with Crippen LogP contribution in [0.2, 0.25) is 0 Å². The minimum atomic E-state index is -0.606. The summed E-state index contributed by atoms with van der Waals surface area (Å²) in [4.78, 5) is 21.3. The molecule has 1 aromatic rings. The Morgan fingerprint density at radius 3 is 2.83 bits per heavy atom. The van der Waals surface area contributed by atoms with Crippen molar-refractivity contribution < 1.29 is 9.59 Å². The lowest BCUT2D eigenvalue weighted by Gasteiger charge is -2.01. The Labute approximate surface area is 106 Å². The summed E-state index contributed by atoms with van der Waals surface area (Å²) in [5.41, 5.74) is 6.41. The lowest BCUT2D eigenvalue weighted by Crippen LogP contribution is -2.20. The molecule has 0 bridgehead atoms. The molecule has 18 heavy (non-hydrogen) atoms. The van der Waals surface area contributed by atoms with Gasteiger partial charge in [0.25, 0.3) is 0 Å². The molecule has 4 N–H and O–H groups in total. The summed E-state index contributed by atoms with van der Waals surface area (Å²) in [5.74, 6) is 5.80. The average Bonchev–Trinajstić information content (AvgIpc) is 2.27. The molecule has 0 heterocycles. The van der Waals surface area contributed by atoms with E-state index in [0.717, 1.165) is 5.56 Å². The Morgan fingerprint density at radius 2 is 2.17 bits per heavy atom. The number of benzene rings is 1. The van der Waals surface area contributed by atoms with Crippen molar-refractivity contribution in [3.05, 3.63) is 29.8 Å². The molecule has 0 aliphatic carbocycles. The first-order valence-corrected chi connectivity index (χ1v) is 5.48. The number of nitrogens with two attached hydrogens (primary N) is 1. The second-order valence-electron chi connectivity index (χ2n) is 3.60. The first-order chi connectivity index (χ1) is 8.58. The zero-order valence-corrected chi connectivity index (χ0v) is 10.1. The van der Waals surface area contributed by atoms with Crippen molar-refractivity contribution in [2.24, 2.45) is 5.73 Å². The zero-order chi connectivity index (χ0) is 13.4. The van der Waals surface area contributed by atoms with Gasteiger partial charge in [0.1, 0.15) is 0 Å². The highest BCUT2D eigenvalue weighted by molar-refractivity contribution is 5.87. The maximum atomic E-state index is 10.7. The van der Waals surface area contributed by atoms with E-state index in [1.165, 1.54) is 6.92 Å². The third-order valence-electron chi connectivity index (χ3n) is 1.99. The molecule has 0 aliphatic heterocycles. The van der Waals surface area contributed by atoms with Crippen LogP contribution < -0.4 is 16.4 Å². The van der Waals surface area contributed by atoms with E-state index in [2.05, 4.69) is 22.5 Å². The number of urea groups is 1. The molecule has 3 amide bonds. The Morgan fingerprint density at radius 1 is 1.39 bits per heavy atom. The summed E-state index contributed by atoms with van der Waals surface area (Å²) >= 11 is 0. The van der Waals surface area contributed by atoms with Gasteiger partial charge in [0, 0.05) is 31.1 Å². The Kier molecular flexibility index (Phi) is 5.26. The van der Waals surface area contributed by atoms with Gasteiger partial charge in [-0.25, -0.2) is 4.79 Å². The van der Waals surface area contributed by atoms with Crippen LogP contribution in [0, 0.1) is 11.8 Å². The maximum absolute atomic E-state index is 10.7. The SMILES string of the molecule is CC(=O)NCCC#Cc1cccc(NC(N)=O)c1. The molecule has 1 rings (SSSR count). The minimum absolute atomic E-state index is 0.0653. The van der Waals surface area contributed by atoms with Gasteiger partial charge in [-0.1, -0.05) is 17.9 Å². The molecule has 94 valence electrons. The van der Waals surface area contributed by atoms with Crippen molar-refractivity contribution in [1.29, 1.82) is 0 Å². The van der Waals surface area contributed by atoms with E-state index >= 15 is 0 Å². The fourth-order valence-electron chi connectivity index (χ4n) is 1.28. The van der Waals surface area contributed by atoms with Crippen molar-refractivity contribution in [3.63, 3.8) is 0 Å². The van der Waals surface area contributed by atoms with E-state index in [9.17, 15) is 9.59 Å². The van der Waals surface area contributed by atoms with E-state index in [1.807, 2.05) is 6.07 Å². The Balaban J connectivity index is 2.54. The number of primary amides is 1. The number of carbonyl (C=O) groups is 2. The second-order valence-corrected chi connectivity index (χ2v) is 3.60. The van der Waals surface area contributed by atoms with Crippen LogP contribution in [0.15, 0.2) is 24.3 Å². The van der Waals surface area contributed by atoms with Crippen LogP contribution in [0.4, 0.5) is 10.5 Å². The molecule has 0 saturated heterocycles. The van der Waals surface area contributed by atoms with Gasteiger partial charge in [0.2, 0.25) is 5.91 Å². The van der Waals surface area contributed by atoms with E-state index in [4.69, 9.17) is 5.73 Å².